The second-order valence-electron chi connectivity index (χ2n) is 2.74. The van der Waals surface area contributed by atoms with Gasteiger partial charge in [0.1, 0.15) is 0 Å². The highest BCUT2D eigenvalue weighted by Crippen LogP contribution is 2.13. The topological polar surface area (TPSA) is 52.2 Å². The van der Waals surface area contributed by atoms with Gasteiger partial charge in [0.05, 0.1) is 10.9 Å². The Labute approximate surface area is 73.3 Å². The minimum Gasteiger partial charge on any atom is -0.335 e. The molecule has 4 heteroatoms. The van der Waals surface area contributed by atoms with Gasteiger partial charge in [-0.25, -0.2) is 9.53 Å². The SMILES string of the molecule is Cn1oc(=O)c2c(C=O)cccc21. The van der Waals surface area contributed by atoms with Crippen molar-refractivity contribution in [2.75, 3.05) is 0 Å². The fourth-order valence-electron chi connectivity index (χ4n) is 1.36. The molecule has 1 aromatic carbocycles. The first-order chi connectivity index (χ1) is 6.24. The van der Waals surface area contributed by atoms with Crippen LogP contribution in [0.15, 0.2) is 27.5 Å². The van der Waals surface area contributed by atoms with E-state index >= 15 is 0 Å². The van der Waals surface area contributed by atoms with E-state index in [2.05, 4.69) is 0 Å². The van der Waals surface area contributed by atoms with E-state index in [1.165, 1.54) is 4.74 Å². The van der Waals surface area contributed by atoms with Gasteiger partial charge in [-0.2, -0.15) is 0 Å². The Morgan fingerprint density at radius 3 is 2.92 bits per heavy atom. The number of hydrogen-bond donors (Lipinski definition) is 0. The zero-order chi connectivity index (χ0) is 9.42. The summed E-state index contributed by atoms with van der Waals surface area (Å²) < 4.78 is 6.16. The number of carbonyl (C=O) groups excluding carboxylic acids is 1. The summed E-state index contributed by atoms with van der Waals surface area (Å²) in [5, 5.41) is 0.347. The molecular formula is C9H7NO3. The van der Waals surface area contributed by atoms with E-state index in [1.807, 2.05) is 0 Å². The molecule has 13 heavy (non-hydrogen) atoms. The van der Waals surface area contributed by atoms with Crippen molar-refractivity contribution in [2.45, 2.75) is 0 Å². The molecule has 1 aromatic heterocycles. The summed E-state index contributed by atoms with van der Waals surface area (Å²) in [4.78, 5) is 21.8. The molecule has 0 atom stereocenters. The first-order valence-electron chi connectivity index (χ1n) is 3.78. The van der Waals surface area contributed by atoms with E-state index in [-0.39, 0.29) is 0 Å². The molecular weight excluding hydrogens is 170 g/mol. The number of carbonyl (C=O) groups is 1. The van der Waals surface area contributed by atoms with Crippen LogP contribution in [0.3, 0.4) is 0 Å². The maximum atomic E-state index is 11.2. The minimum atomic E-state index is -0.472. The van der Waals surface area contributed by atoms with E-state index in [0.717, 1.165) is 0 Å². The Bertz CT molecular complexity index is 521. The van der Waals surface area contributed by atoms with Crippen LogP contribution in [0.25, 0.3) is 10.9 Å². The summed E-state index contributed by atoms with van der Waals surface area (Å²) in [5.41, 5.74) is 0.529. The normalized spacial score (nSPS) is 10.5. The zero-order valence-corrected chi connectivity index (χ0v) is 6.98. The van der Waals surface area contributed by atoms with Crippen LogP contribution >= 0.6 is 0 Å². The maximum Gasteiger partial charge on any atom is 0.366 e. The minimum absolute atomic E-state index is 0.347. The molecule has 0 spiro atoms. The summed E-state index contributed by atoms with van der Waals surface area (Å²) in [5.74, 6) is 0. The van der Waals surface area contributed by atoms with E-state index in [1.54, 1.807) is 25.2 Å². The molecule has 0 N–H and O–H groups in total. The summed E-state index contributed by atoms with van der Waals surface area (Å²) in [7, 11) is 1.62. The molecule has 0 saturated heterocycles. The van der Waals surface area contributed by atoms with Gasteiger partial charge in [-0.1, -0.05) is 12.1 Å². The van der Waals surface area contributed by atoms with E-state index < -0.39 is 5.63 Å². The van der Waals surface area contributed by atoms with Gasteiger partial charge in [0, 0.05) is 12.6 Å². The number of aromatic nitrogens is 1. The molecule has 4 nitrogen and oxygen atoms in total. The molecule has 0 aliphatic carbocycles. The molecule has 0 radical (unpaired) electrons. The predicted molar refractivity (Wildman–Crippen MR) is 46.8 cm³/mol. The lowest BCUT2D eigenvalue weighted by Crippen LogP contribution is -1.95. The molecule has 2 rings (SSSR count). The Morgan fingerprint density at radius 2 is 2.23 bits per heavy atom. The predicted octanol–water partition coefficient (Wildman–Crippen LogP) is 0.944. The van der Waals surface area contributed by atoms with Crippen molar-refractivity contribution in [1.82, 2.24) is 4.74 Å². The highest BCUT2D eigenvalue weighted by Gasteiger charge is 2.09. The van der Waals surface area contributed by atoms with Crippen molar-refractivity contribution in [3.63, 3.8) is 0 Å². The average molecular weight is 177 g/mol. The molecule has 0 aliphatic heterocycles. The molecule has 0 fully saturated rings. The smallest absolute Gasteiger partial charge is 0.335 e. The third-order valence-electron chi connectivity index (χ3n) is 1.96. The molecule has 0 saturated carbocycles. The van der Waals surface area contributed by atoms with Crippen LogP contribution < -0.4 is 5.63 Å². The number of benzene rings is 1. The molecule has 0 aliphatic rings. The summed E-state index contributed by atoms with van der Waals surface area (Å²) in [6.07, 6.45) is 0.652. The van der Waals surface area contributed by atoms with Gasteiger partial charge in [-0.15, -0.1) is 0 Å². The van der Waals surface area contributed by atoms with Crippen molar-refractivity contribution < 1.29 is 9.32 Å². The Balaban J connectivity index is 3.05. The highest BCUT2D eigenvalue weighted by molar-refractivity contribution is 5.95. The summed E-state index contributed by atoms with van der Waals surface area (Å²) >= 11 is 0. The van der Waals surface area contributed by atoms with Gasteiger partial charge in [0.2, 0.25) is 0 Å². The van der Waals surface area contributed by atoms with Crippen LogP contribution in [0.5, 0.6) is 0 Å². The second-order valence-corrected chi connectivity index (χ2v) is 2.74. The lowest BCUT2D eigenvalue weighted by molar-refractivity contribution is 0.112. The van der Waals surface area contributed by atoms with Crippen molar-refractivity contribution in [3.05, 3.63) is 34.2 Å². The number of aldehydes is 1. The van der Waals surface area contributed by atoms with Crippen molar-refractivity contribution in [1.29, 1.82) is 0 Å². The largest absolute Gasteiger partial charge is 0.366 e. The van der Waals surface area contributed by atoms with Crippen LogP contribution in [0.2, 0.25) is 0 Å². The van der Waals surface area contributed by atoms with Gasteiger partial charge < -0.3 is 4.52 Å². The molecule has 0 amide bonds. The number of hydrogen-bond acceptors (Lipinski definition) is 3. The van der Waals surface area contributed by atoms with E-state index in [0.29, 0.717) is 22.8 Å². The number of rotatable bonds is 1. The molecule has 66 valence electrons. The van der Waals surface area contributed by atoms with Crippen molar-refractivity contribution in [2.24, 2.45) is 7.05 Å². The Hall–Kier alpha value is -1.84. The lowest BCUT2D eigenvalue weighted by atomic mass is 10.1. The molecule has 1 heterocycles. The summed E-state index contributed by atoms with van der Waals surface area (Å²) in [6, 6.07) is 5.03. The maximum absolute atomic E-state index is 11.2. The quantitative estimate of drug-likeness (QED) is 0.609. The molecule has 0 unspecified atom stereocenters. The average Bonchev–Trinajstić information content (AvgIpc) is 2.43. The highest BCUT2D eigenvalue weighted by atomic mass is 16.5. The van der Waals surface area contributed by atoms with Crippen LogP contribution in [0.4, 0.5) is 0 Å². The number of fused-ring (bicyclic) bond motifs is 1. The third kappa shape index (κ3) is 0.989. The molecule has 0 bridgehead atoms. The second kappa shape index (κ2) is 2.58. The first kappa shape index (κ1) is 7.79. The van der Waals surface area contributed by atoms with Gasteiger partial charge in [-0.3, -0.25) is 4.79 Å². The van der Waals surface area contributed by atoms with Crippen LogP contribution in [0.1, 0.15) is 10.4 Å². The third-order valence-corrected chi connectivity index (χ3v) is 1.96. The lowest BCUT2D eigenvalue weighted by Gasteiger charge is -1.92. The first-order valence-corrected chi connectivity index (χ1v) is 3.78. The fraction of sp³-hybridized carbons (Fsp3) is 0.111. The van der Waals surface area contributed by atoms with Crippen molar-refractivity contribution in [3.8, 4) is 0 Å². The number of nitrogens with zero attached hydrogens (tertiary/aromatic N) is 1. The van der Waals surface area contributed by atoms with Gasteiger partial charge in [0.15, 0.2) is 6.29 Å². The van der Waals surface area contributed by atoms with Crippen molar-refractivity contribution >= 4 is 17.2 Å². The van der Waals surface area contributed by atoms with E-state index in [9.17, 15) is 9.59 Å². The number of aryl methyl sites for hydroxylation is 1. The van der Waals surface area contributed by atoms with Gasteiger partial charge >= 0.3 is 5.63 Å². The van der Waals surface area contributed by atoms with E-state index in [4.69, 9.17) is 4.52 Å². The zero-order valence-electron chi connectivity index (χ0n) is 6.98. The van der Waals surface area contributed by atoms with Crippen LogP contribution in [-0.4, -0.2) is 11.0 Å². The fourth-order valence-corrected chi connectivity index (χ4v) is 1.36. The Morgan fingerprint density at radius 1 is 1.46 bits per heavy atom. The van der Waals surface area contributed by atoms with Gasteiger partial charge in [0.25, 0.3) is 0 Å². The van der Waals surface area contributed by atoms with Gasteiger partial charge in [-0.05, 0) is 6.07 Å². The van der Waals surface area contributed by atoms with Crippen LogP contribution in [0, 0.1) is 0 Å². The van der Waals surface area contributed by atoms with Crippen LogP contribution in [-0.2, 0) is 7.05 Å². The Kier molecular flexibility index (Phi) is 1.55. The summed E-state index contributed by atoms with van der Waals surface area (Å²) in [6.45, 7) is 0. The monoisotopic (exact) mass is 177 g/mol. The molecule has 2 aromatic rings. The standard InChI is InChI=1S/C9H7NO3/c1-10-7-4-2-3-6(5-11)8(7)9(12)13-10/h2-5H,1H3.